The van der Waals surface area contributed by atoms with E-state index in [-0.39, 0.29) is 35.6 Å². The highest BCUT2D eigenvalue weighted by atomic mass is 127. The fourth-order valence-electron chi connectivity index (χ4n) is 3.20. The van der Waals surface area contributed by atoms with Crippen LogP contribution in [0.3, 0.4) is 0 Å². The van der Waals surface area contributed by atoms with Gasteiger partial charge in [-0.2, -0.15) is 0 Å². The molecule has 1 heterocycles. The molecular weight excluding hydrogens is 498 g/mol. The fraction of sp³-hybridized carbons (Fsp3) is 0.364. The van der Waals surface area contributed by atoms with Gasteiger partial charge in [0.1, 0.15) is 5.75 Å². The monoisotopic (exact) mass is 526 g/mol. The number of aliphatic imine (C=N–C) groups is 1. The lowest BCUT2D eigenvalue weighted by molar-refractivity contribution is -0.130. The highest BCUT2D eigenvalue weighted by molar-refractivity contribution is 14.0. The molecule has 1 saturated heterocycles. The van der Waals surface area contributed by atoms with E-state index in [9.17, 15) is 9.18 Å². The van der Waals surface area contributed by atoms with Crippen molar-refractivity contribution in [3.8, 4) is 11.5 Å². The quantitative estimate of drug-likeness (QED) is 0.365. The summed E-state index contributed by atoms with van der Waals surface area (Å²) in [5, 5.41) is 3.32. The van der Waals surface area contributed by atoms with Gasteiger partial charge in [-0.25, -0.2) is 9.38 Å². The molecule has 30 heavy (non-hydrogen) atoms. The normalized spacial score (nSPS) is 14.2. The standard InChI is InChI=1S/C22H27FN4O2.HI/c1-3-24-22(27-14-12-26(13-15-27)17(2)28)25-16-18-8-4-6-10-20(18)29-21-11-7-5-9-19(21)23;/h4-11H,3,12-16H2,1-2H3,(H,24,25);1H. The number of ether oxygens (including phenoxy) is 1. The van der Waals surface area contributed by atoms with Gasteiger partial charge >= 0.3 is 0 Å². The van der Waals surface area contributed by atoms with Crippen LogP contribution >= 0.6 is 24.0 Å². The summed E-state index contributed by atoms with van der Waals surface area (Å²) >= 11 is 0. The molecule has 2 aromatic carbocycles. The van der Waals surface area contributed by atoms with Crippen molar-refractivity contribution in [2.24, 2.45) is 4.99 Å². The van der Waals surface area contributed by atoms with Crippen LogP contribution in [0.1, 0.15) is 19.4 Å². The van der Waals surface area contributed by atoms with Crippen LogP contribution in [0.2, 0.25) is 0 Å². The minimum absolute atomic E-state index is 0. The van der Waals surface area contributed by atoms with Gasteiger partial charge in [0.25, 0.3) is 0 Å². The first-order chi connectivity index (χ1) is 14.1. The Hall–Kier alpha value is -2.36. The van der Waals surface area contributed by atoms with Crippen molar-refractivity contribution in [1.82, 2.24) is 15.1 Å². The number of carbonyl (C=O) groups is 1. The Morgan fingerprint density at radius 2 is 1.63 bits per heavy atom. The Morgan fingerprint density at radius 3 is 2.27 bits per heavy atom. The molecule has 1 N–H and O–H groups in total. The topological polar surface area (TPSA) is 57.2 Å². The van der Waals surface area contributed by atoms with Crippen molar-refractivity contribution in [3.05, 3.63) is 59.9 Å². The Morgan fingerprint density at radius 1 is 1.03 bits per heavy atom. The lowest BCUT2D eigenvalue weighted by Crippen LogP contribution is -2.53. The average Bonchev–Trinajstić information content (AvgIpc) is 2.74. The second kappa shape index (κ2) is 11.7. The summed E-state index contributed by atoms with van der Waals surface area (Å²) in [5.41, 5.74) is 0.869. The van der Waals surface area contributed by atoms with Gasteiger partial charge in [-0.05, 0) is 25.1 Å². The number of piperazine rings is 1. The van der Waals surface area contributed by atoms with Gasteiger partial charge in [0.15, 0.2) is 17.5 Å². The zero-order chi connectivity index (χ0) is 20.6. The summed E-state index contributed by atoms with van der Waals surface area (Å²) in [6.07, 6.45) is 0. The van der Waals surface area contributed by atoms with Gasteiger partial charge in [-0.3, -0.25) is 4.79 Å². The molecule has 0 bridgehead atoms. The first-order valence-corrected chi connectivity index (χ1v) is 9.87. The van der Waals surface area contributed by atoms with Crippen LogP contribution in [0, 0.1) is 5.82 Å². The lowest BCUT2D eigenvalue weighted by atomic mass is 10.2. The number of nitrogens with zero attached hydrogens (tertiary/aromatic N) is 3. The van der Waals surface area contributed by atoms with Gasteiger partial charge in [0.2, 0.25) is 5.91 Å². The van der Waals surface area contributed by atoms with Crippen molar-refractivity contribution in [3.63, 3.8) is 0 Å². The molecule has 1 aliphatic rings. The molecule has 162 valence electrons. The average molecular weight is 526 g/mol. The number of halogens is 2. The van der Waals surface area contributed by atoms with Crippen molar-refractivity contribution in [2.45, 2.75) is 20.4 Å². The van der Waals surface area contributed by atoms with E-state index in [2.05, 4.69) is 10.2 Å². The van der Waals surface area contributed by atoms with E-state index >= 15 is 0 Å². The van der Waals surface area contributed by atoms with Crippen LogP contribution < -0.4 is 10.1 Å². The van der Waals surface area contributed by atoms with E-state index in [0.29, 0.717) is 25.4 Å². The second-order valence-corrected chi connectivity index (χ2v) is 6.80. The van der Waals surface area contributed by atoms with Crippen LogP contribution in [-0.4, -0.2) is 54.4 Å². The molecule has 2 aromatic rings. The first kappa shape index (κ1) is 23.9. The van der Waals surface area contributed by atoms with Gasteiger partial charge in [-0.1, -0.05) is 30.3 Å². The molecule has 1 fully saturated rings. The van der Waals surface area contributed by atoms with E-state index in [0.717, 1.165) is 31.2 Å². The molecule has 0 aromatic heterocycles. The van der Waals surface area contributed by atoms with Crippen LogP contribution in [0.4, 0.5) is 4.39 Å². The number of nitrogens with one attached hydrogen (secondary N) is 1. The summed E-state index contributed by atoms with van der Waals surface area (Å²) in [6, 6.07) is 13.9. The van der Waals surface area contributed by atoms with Gasteiger partial charge in [-0.15, -0.1) is 24.0 Å². The smallest absolute Gasteiger partial charge is 0.219 e. The SMILES string of the molecule is CCNC(=NCc1ccccc1Oc1ccccc1F)N1CCN(C(C)=O)CC1.I. The van der Waals surface area contributed by atoms with E-state index in [4.69, 9.17) is 9.73 Å². The molecular formula is C22H28FIN4O2. The summed E-state index contributed by atoms with van der Waals surface area (Å²) in [5.74, 6) is 1.28. The molecule has 8 heteroatoms. The maximum atomic E-state index is 14.0. The number of carbonyl (C=O) groups excluding carboxylic acids is 1. The maximum absolute atomic E-state index is 14.0. The second-order valence-electron chi connectivity index (χ2n) is 6.80. The van der Waals surface area contributed by atoms with Gasteiger partial charge in [0, 0.05) is 45.2 Å². The van der Waals surface area contributed by atoms with Crippen molar-refractivity contribution < 1.29 is 13.9 Å². The Bertz CT molecular complexity index is 870. The number of rotatable bonds is 5. The van der Waals surface area contributed by atoms with Crippen LogP contribution in [0.25, 0.3) is 0 Å². The molecule has 0 unspecified atom stereocenters. The van der Waals surface area contributed by atoms with Crippen LogP contribution in [0.15, 0.2) is 53.5 Å². The molecule has 0 aliphatic carbocycles. The number of para-hydroxylation sites is 2. The molecule has 0 saturated carbocycles. The molecule has 3 rings (SSSR count). The highest BCUT2D eigenvalue weighted by Crippen LogP contribution is 2.27. The third kappa shape index (κ3) is 6.32. The third-order valence-corrected chi connectivity index (χ3v) is 4.79. The predicted molar refractivity (Wildman–Crippen MR) is 127 cm³/mol. The molecule has 0 radical (unpaired) electrons. The number of benzene rings is 2. The summed E-state index contributed by atoms with van der Waals surface area (Å²) in [4.78, 5) is 20.3. The zero-order valence-electron chi connectivity index (χ0n) is 17.3. The summed E-state index contributed by atoms with van der Waals surface area (Å²) in [6.45, 7) is 7.62. The number of amides is 1. The van der Waals surface area contributed by atoms with E-state index in [1.807, 2.05) is 36.1 Å². The molecule has 1 amide bonds. The molecule has 6 nitrogen and oxygen atoms in total. The van der Waals surface area contributed by atoms with Gasteiger partial charge < -0.3 is 19.9 Å². The Labute approximate surface area is 194 Å². The van der Waals surface area contributed by atoms with E-state index < -0.39 is 5.82 Å². The number of guanidine groups is 1. The minimum Gasteiger partial charge on any atom is -0.454 e. The lowest BCUT2D eigenvalue weighted by Gasteiger charge is -2.36. The summed E-state index contributed by atoms with van der Waals surface area (Å²) in [7, 11) is 0. The Balaban J connectivity index is 0.00000320. The fourth-order valence-corrected chi connectivity index (χ4v) is 3.20. The van der Waals surface area contributed by atoms with E-state index in [1.54, 1.807) is 25.1 Å². The van der Waals surface area contributed by atoms with Crippen LogP contribution in [0.5, 0.6) is 11.5 Å². The maximum Gasteiger partial charge on any atom is 0.219 e. The van der Waals surface area contributed by atoms with Crippen molar-refractivity contribution >= 4 is 35.8 Å². The van der Waals surface area contributed by atoms with Gasteiger partial charge in [0.05, 0.1) is 6.54 Å². The third-order valence-electron chi connectivity index (χ3n) is 4.79. The van der Waals surface area contributed by atoms with E-state index in [1.165, 1.54) is 6.07 Å². The first-order valence-electron chi connectivity index (χ1n) is 9.87. The largest absolute Gasteiger partial charge is 0.454 e. The predicted octanol–water partition coefficient (Wildman–Crippen LogP) is 3.87. The number of hydrogen-bond donors (Lipinski definition) is 1. The summed E-state index contributed by atoms with van der Waals surface area (Å²) < 4.78 is 19.8. The molecule has 1 aliphatic heterocycles. The zero-order valence-corrected chi connectivity index (χ0v) is 19.6. The highest BCUT2D eigenvalue weighted by Gasteiger charge is 2.21. The van der Waals surface area contributed by atoms with Crippen molar-refractivity contribution in [1.29, 1.82) is 0 Å². The molecule has 0 spiro atoms. The Kier molecular flexibility index (Phi) is 9.35. The number of hydrogen-bond acceptors (Lipinski definition) is 3. The van der Waals surface area contributed by atoms with Crippen LogP contribution in [-0.2, 0) is 11.3 Å². The molecule has 0 atom stereocenters. The van der Waals surface area contributed by atoms with Crippen molar-refractivity contribution in [2.75, 3.05) is 32.7 Å². The minimum atomic E-state index is -0.400.